The van der Waals surface area contributed by atoms with Gasteiger partial charge in [0.15, 0.2) is 5.69 Å². The number of amides is 1. The van der Waals surface area contributed by atoms with E-state index in [1.165, 1.54) is 19.3 Å². The first-order valence-corrected chi connectivity index (χ1v) is 8.03. The van der Waals surface area contributed by atoms with Gasteiger partial charge in [-0.3, -0.25) is 4.79 Å². The molecule has 1 aromatic rings. The Morgan fingerprint density at radius 3 is 2.62 bits per heavy atom. The van der Waals surface area contributed by atoms with Crippen LogP contribution < -0.4 is 10.6 Å². The van der Waals surface area contributed by atoms with Gasteiger partial charge in [0.05, 0.1) is 0 Å². The lowest BCUT2D eigenvalue weighted by Gasteiger charge is -2.22. The largest absolute Gasteiger partial charge is 0.369 e. The number of carbonyl (C=O) groups is 1. The van der Waals surface area contributed by atoms with Gasteiger partial charge in [-0.05, 0) is 37.3 Å². The van der Waals surface area contributed by atoms with Crippen molar-refractivity contribution in [3.63, 3.8) is 0 Å². The molecule has 2 N–H and O–H groups in total. The Hall–Kier alpha value is -1.65. The smallest absolute Gasteiger partial charge is 0.272 e. The number of anilines is 1. The predicted octanol–water partition coefficient (Wildman–Crippen LogP) is 3.00. The molecule has 2 rings (SSSR count). The maximum absolute atomic E-state index is 12.1. The molecule has 0 unspecified atom stereocenters. The van der Waals surface area contributed by atoms with E-state index >= 15 is 0 Å². The van der Waals surface area contributed by atoms with Gasteiger partial charge in [-0.15, -0.1) is 10.2 Å². The molecular formula is C16H26N4O. The predicted molar refractivity (Wildman–Crippen MR) is 84.3 cm³/mol. The SMILES string of the molecule is CC(C)CCNc1ccc(C(=O)NC2CCCCC2)nn1. The van der Waals surface area contributed by atoms with Crippen LogP contribution >= 0.6 is 0 Å². The van der Waals surface area contributed by atoms with Crippen LogP contribution in [0.1, 0.15) is 62.9 Å². The quantitative estimate of drug-likeness (QED) is 0.845. The van der Waals surface area contributed by atoms with Gasteiger partial charge >= 0.3 is 0 Å². The number of nitrogens with zero attached hydrogens (tertiary/aromatic N) is 2. The molecule has 1 heterocycles. The molecule has 0 aliphatic heterocycles. The summed E-state index contributed by atoms with van der Waals surface area (Å²) >= 11 is 0. The second kappa shape index (κ2) is 7.96. The lowest BCUT2D eigenvalue weighted by atomic mass is 9.95. The van der Waals surface area contributed by atoms with Gasteiger partial charge in [-0.1, -0.05) is 33.1 Å². The maximum atomic E-state index is 12.1. The molecule has 21 heavy (non-hydrogen) atoms. The Balaban J connectivity index is 1.81. The minimum absolute atomic E-state index is 0.108. The van der Waals surface area contributed by atoms with Gasteiger partial charge in [0.2, 0.25) is 0 Å². The first-order chi connectivity index (χ1) is 10.1. The highest BCUT2D eigenvalue weighted by Crippen LogP contribution is 2.17. The molecule has 5 nitrogen and oxygen atoms in total. The number of nitrogens with one attached hydrogen (secondary N) is 2. The summed E-state index contributed by atoms with van der Waals surface area (Å²) in [6.07, 6.45) is 6.93. The van der Waals surface area contributed by atoms with Crippen LogP contribution in [0.25, 0.3) is 0 Å². The first-order valence-electron chi connectivity index (χ1n) is 8.03. The second-order valence-corrected chi connectivity index (χ2v) is 6.22. The molecular weight excluding hydrogens is 264 g/mol. The number of rotatable bonds is 6. The number of aromatic nitrogens is 2. The van der Waals surface area contributed by atoms with E-state index < -0.39 is 0 Å². The lowest BCUT2D eigenvalue weighted by molar-refractivity contribution is 0.0921. The van der Waals surface area contributed by atoms with Crippen molar-refractivity contribution >= 4 is 11.7 Å². The molecule has 1 aliphatic rings. The summed E-state index contributed by atoms with van der Waals surface area (Å²) in [5.41, 5.74) is 0.398. The van der Waals surface area contributed by atoms with E-state index in [9.17, 15) is 4.79 Å². The molecule has 0 spiro atoms. The zero-order valence-corrected chi connectivity index (χ0v) is 13.1. The van der Waals surface area contributed by atoms with Crippen molar-refractivity contribution in [2.24, 2.45) is 5.92 Å². The van der Waals surface area contributed by atoms with Crippen LogP contribution in [-0.4, -0.2) is 28.7 Å². The Morgan fingerprint density at radius 1 is 1.24 bits per heavy atom. The third kappa shape index (κ3) is 5.33. The van der Waals surface area contributed by atoms with Crippen molar-refractivity contribution in [3.05, 3.63) is 17.8 Å². The van der Waals surface area contributed by atoms with E-state index in [2.05, 4.69) is 34.7 Å². The number of hydrogen-bond acceptors (Lipinski definition) is 4. The standard InChI is InChI=1S/C16H26N4O/c1-12(2)10-11-17-15-9-8-14(19-20-15)16(21)18-13-6-4-3-5-7-13/h8-9,12-13H,3-7,10-11H2,1-2H3,(H,17,20)(H,18,21). The summed E-state index contributed by atoms with van der Waals surface area (Å²) in [5, 5.41) is 14.4. The van der Waals surface area contributed by atoms with Gasteiger partial charge in [0.1, 0.15) is 5.82 Å². The van der Waals surface area contributed by atoms with Gasteiger partial charge in [-0.25, -0.2) is 0 Å². The Morgan fingerprint density at radius 2 is 2.00 bits per heavy atom. The summed E-state index contributed by atoms with van der Waals surface area (Å²) in [5.74, 6) is 1.28. The van der Waals surface area contributed by atoms with Crippen LogP contribution in [0, 0.1) is 5.92 Å². The van der Waals surface area contributed by atoms with Crippen LogP contribution in [0.2, 0.25) is 0 Å². The van der Waals surface area contributed by atoms with E-state index in [0.717, 1.165) is 31.6 Å². The average molecular weight is 290 g/mol. The van der Waals surface area contributed by atoms with Gasteiger partial charge in [0, 0.05) is 12.6 Å². The summed E-state index contributed by atoms with van der Waals surface area (Å²) in [4.78, 5) is 12.1. The van der Waals surface area contributed by atoms with E-state index in [-0.39, 0.29) is 5.91 Å². The first kappa shape index (κ1) is 15.7. The third-order valence-electron chi connectivity index (χ3n) is 3.87. The van der Waals surface area contributed by atoms with Crippen molar-refractivity contribution in [1.29, 1.82) is 0 Å². The summed E-state index contributed by atoms with van der Waals surface area (Å²) in [7, 11) is 0. The van der Waals surface area contributed by atoms with Crippen molar-refractivity contribution in [2.45, 2.75) is 58.4 Å². The van der Waals surface area contributed by atoms with E-state index in [1.807, 2.05) is 6.07 Å². The van der Waals surface area contributed by atoms with Crippen LogP contribution in [0.15, 0.2) is 12.1 Å². The highest BCUT2D eigenvalue weighted by molar-refractivity contribution is 5.92. The van der Waals surface area contributed by atoms with E-state index in [4.69, 9.17) is 0 Å². The van der Waals surface area contributed by atoms with Gasteiger partial charge in [0.25, 0.3) is 5.91 Å². The minimum atomic E-state index is -0.108. The zero-order chi connectivity index (χ0) is 15.1. The van der Waals surface area contributed by atoms with Crippen molar-refractivity contribution in [3.8, 4) is 0 Å². The van der Waals surface area contributed by atoms with Crippen LogP contribution in [-0.2, 0) is 0 Å². The molecule has 1 amide bonds. The monoisotopic (exact) mass is 290 g/mol. The number of hydrogen-bond donors (Lipinski definition) is 2. The summed E-state index contributed by atoms with van der Waals surface area (Å²) < 4.78 is 0. The van der Waals surface area contributed by atoms with Crippen LogP contribution in [0.3, 0.4) is 0 Å². The van der Waals surface area contributed by atoms with E-state index in [0.29, 0.717) is 17.7 Å². The van der Waals surface area contributed by atoms with Crippen molar-refractivity contribution in [1.82, 2.24) is 15.5 Å². The summed E-state index contributed by atoms with van der Waals surface area (Å²) in [6.45, 7) is 5.25. The van der Waals surface area contributed by atoms with Crippen LogP contribution in [0.4, 0.5) is 5.82 Å². The Labute approximate surface area is 126 Å². The highest BCUT2D eigenvalue weighted by Gasteiger charge is 2.17. The Kier molecular flexibility index (Phi) is 5.96. The third-order valence-corrected chi connectivity index (χ3v) is 3.87. The summed E-state index contributed by atoms with van der Waals surface area (Å²) in [6, 6.07) is 3.86. The fourth-order valence-electron chi connectivity index (χ4n) is 2.54. The molecule has 116 valence electrons. The fraction of sp³-hybridized carbons (Fsp3) is 0.688. The number of carbonyl (C=O) groups excluding carboxylic acids is 1. The molecule has 5 heteroatoms. The molecule has 0 radical (unpaired) electrons. The zero-order valence-electron chi connectivity index (χ0n) is 13.1. The molecule has 0 bridgehead atoms. The van der Waals surface area contributed by atoms with Gasteiger partial charge < -0.3 is 10.6 Å². The molecule has 1 fully saturated rings. The molecule has 0 atom stereocenters. The molecule has 1 aliphatic carbocycles. The van der Waals surface area contributed by atoms with Crippen molar-refractivity contribution in [2.75, 3.05) is 11.9 Å². The molecule has 1 saturated carbocycles. The maximum Gasteiger partial charge on any atom is 0.272 e. The Bertz CT molecular complexity index is 438. The normalized spacial score (nSPS) is 16.0. The average Bonchev–Trinajstić information content (AvgIpc) is 2.48. The second-order valence-electron chi connectivity index (χ2n) is 6.22. The minimum Gasteiger partial charge on any atom is -0.369 e. The lowest BCUT2D eigenvalue weighted by Crippen LogP contribution is -2.36. The topological polar surface area (TPSA) is 66.9 Å². The molecule has 0 saturated heterocycles. The van der Waals surface area contributed by atoms with Crippen molar-refractivity contribution < 1.29 is 4.79 Å². The molecule has 0 aromatic carbocycles. The molecule has 1 aromatic heterocycles. The van der Waals surface area contributed by atoms with Gasteiger partial charge in [-0.2, -0.15) is 0 Å². The fourth-order valence-corrected chi connectivity index (χ4v) is 2.54. The highest BCUT2D eigenvalue weighted by atomic mass is 16.2. The van der Waals surface area contributed by atoms with E-state index in [1.54, 1.807) is 6.07 Å². The van der Waals surface area contributed by atoms with Crippen LogP contribution in [0.5, 0.6) is 0 Å².